The van der Waals surface area contributed by atoms with Crippen molar-refractivity contribution in [1.82, 2.24) is 4.98 Å². The van der Waals surface area contributed by atoms with Gasteiger partial charge in [0.2, 0.25) is 0 Å². The zero-order valence-electron chi connectivity index (χ0n) is 39.3. The van der Waals surface area contributed by atoms with E-state index in [9.17, 15) is 5.11 Å². The lowest BCUT2D eigenvalue weighted by Crippen LogP contribution is -2.42. The Morgan fingerprint density at radius 2 is 1.05 bits per heavy atom. The summed E-state index contributed by atoms with van der Waals surface area (Å²) in [5.41, 5.74) is 9.98. The third-order valence-corrected chi connectivity index (χ3v) is 16.0. The summed E-state index contributed by atoms with van der Waals surface area (Å²) in [5.74, 6) is 4.27. The standard InChI is InChI=1S/C58H69F2NO2/c1-33(2)41-10-12-48(43-18-44(22-45(59)19-43)57-27-35(5)14-39(31-57)15-36(6)28-57)50(20-41)54-25-47(63-9)26-55(61-54)51-21-42(34(3)4)11-13-49(51)52-23-46(60)24-53(56(52)62)58-29-37(7)16-40(32-58)17-38(8)30-58/h10-13,18-26,33-40,62H,14-17,27-32H2,1-9H3. The average Bonchev–Trinajstić information content (AvgIpc) is 3.22. The first-order valence-corrected chi connectivity index (χ1v) is 24.2. The van der Waals surface area contributed by atoms with Crippen LogP contribution in [0.15, 0.2) is 78.9 Å². The molecule has 5 heteroatoms. The van der Waals surface area contributed by atoms with Crippen molar-refractivity contribution in [3.05, 3.63) is 113 Å². The van der Waals surface area contributed by atoms with E-state index in [0.717, 1.165) is 88.6 Å². The van der Waals surface area contributed by atoms with Gasteiger partial charge < -0.3 is 9.84 Å². The molecular weight excluding hydrogens is 781 g/mol. The van der Waals surface area contributed by atoms with E-state index in [-0.39, 0.29) is 40.0 Å². The van der Waals surface area contributed by atoms with Gasteiger partial charge in [-0.15, -0.1) is 0 Å². The van der Waals surface area contributed by atoms with Crippen LogP contribution in [0.2, 0.25) is 0 Å². The molecule has 0 radical (unpaired) electrons. The number of phenolic OH excluding ortho intramolecular Hbond substituents is 1. The third kappa shape index (κ3) is 8.36. The van der Waals surface area contributed by atoms with Crippen LogP contribution >= 0.6 is 0 Å². The van der Waals surface area contributed by atoms with E-state index in [1.807, 2.05) is 24.3 Å². The first-order valence-electron chi connectivity index (χ1n) is 24.2. The van der Waals surface area contributed by atoms with Crippen LogP contribution in [0.4, 0.5) is 8.78 Å². The Labute approximate surface area is 376 Å². The molecule has 3 nitrogen and oxygen atoms in total. The zero-order valence-corrected chi connectivity index (χ0v) is 39.3. The molecule has 1 heterocycles. The number of hydrogen-bond donors (Lipinski definition) is 1. The highest BCUT2D eigenvalue weighted by atomic mass is 19.1. The van der Waals surface area contributed by atoms with Gasteiger partial charge in [-0.3, -0.25) is 0 Å². The van der Waals surface area contributed by atoms with Crippen molar-refractivity contribution in [1.29, 1.82) is 0 Å². The number of halogens is 2. The van der Waals surface area contributed by atoms with E-state index in [1.165, 1.54) is 31.7 Å². The first kappa shape index (κ1) is 43.7. The maximum atomic E-state index is 16.2. The number of aromatic nitrogens is 1. The van der Waals surface area contributed by atoms with Crippen molar-refractivity contribution < 1.29 is 18.6 Å². The molecule has 9 rings (SSSR count). The fourth-order valence-electron chi connectivity index (χ4n) is 14.0. The van der Waals surface area contributed by atoms with Crippen LogP contribution in [0.1, 0.15) is 154 Å². The number of phenols is 1. The van der Waals surface area contributed by atoms with E-state index >= 15 is 8.78 Å². The predicted octanol–water partition coefficient (Wildman–Crippen LogP) is 16.2. The molecule has 0 aliphatic heterocycles. The van der Waals surface area contributed by atoms with E-state index in [4.69, 9.17) is 9.72 Å². The average molecular weight is 850 g/mol. The molecule has 5 aromatic rings. The number of hydrogen-bond acceptors (Lipinski definition) is 3. The molecule has 4 aromatic carbocycles. The number of pyridine rings is 1. The number of ether oxygens (including phenoxy) is 1. The van der Waals surface area contributed by atoms with E-state index in [2.05, 4.69) is 91.8 Å². The second-order valence-electron chi connectivity index (χ2n) is 22.2. The minimum atomic E-state index is -0.330. The van der Waals surface area contributed by atoms with Crippen molar-refractivity contribution in [3.63, 3.8) is 0 Å². The summed E-state index contributed by atoms with van der Waals surface area (Å²) >= 11 is 0. The van der Waals surface area contributed by atoms with Crippen LogP contribution in [-0.2, 0) is 10.8 Å². The Morgan fingerprint density at radius 1 is 0.556 bits per heavy atom. The number of methoxy groups -OCH3 is 1. The molecule has 332 valence electrons. The van der Waals surface area contributed by atoms with Gasteiger partial charge in [0.05, 0.1) is 18.5 Å². The second-order valence-corrected chi connectivity index (χ2v) is 22.2. The molecule has 4 saturated carbocycles. The van der Waals surface area contributed by atoms with Crippen LogP contribution in [-0.4, -0.2) is 17.2 Å². The molecule has 4 fully saturated rings. The van der Waals surface area contributed by atoms with Crippen LogP contribution in [0.5, 0.6) is 11.5 Å². The van der Waals surface area contributed by atoms with Crippen molar-refractivity contribution in [3.8, 4) is 56.3 Å². The Balaban J connectivity index is 1.21. The van der Waals surface area contributed by atoms with Crippen molar-refractivity contribution >= 4 is 0 Å². The van der Waals surface area contributed by atoms with Gasteiger partial charge in [-0.1, -0.05) is 85.7 Å². The number of aromatic hydroxyl groups is 1. The molecule has 4 aliphatic rings. The van der Waals surface area contributed by atoms with Crippen LogP contribution < -0.4 is 4.74 Å². The van der Waals surface area contributed by atoms with Gasteiger partial charge in [-0.2, -0.15) is 0 Å². The monoisotopic (exact) mass is 850 g/mol. The predicted molar refractivity (Wildman–Crippen MR) is 255 cm³/mol. The highest BCUT2D eigenvalue weighted by Crippen LogP contribution is 2.58. The summed E-state index contributed by atoms with van der Waals surface area (Å²) in [6.45, 7) is 18.1. The van der Waals surface area contributed by atoms with Gasteiger partial charge in [-0.05, 0) is 192 Å². The smallest absolute Gasteiger partial charge is 0.127 e. The largest absolute Gasteiger partial charge is 0.507 e. The van der Waals surface area contributed by atoms with Gasteiger partial charge in [0, 0.05) is 34.4 Å². The van der Waals surface area contributed by atoms with Crippen molar-refractivity contribution in [2.45, 2.75) is 142 Å². The molecule has 4 atom stereocenters. The van der Waals surface area contributed by atoms with Gasteiger partial charge in [0.25, 0.3) is 0 Å². The van der Waals surface area contributed by atoms with Gasteiger partial charge in [-0.25, -0.2) is 13.8 Å². The Morgan fingerprint density at radius 3 is 1.59 bits per heavy atom. The van der Waals surface area contributed by atoms with E-state index in [0.29, 0.717) is 58.2 Å². The summed E-state index contributed by atoms with van der Waals surface area (Å²) in [6.07, 6.45) is 11.1. The van der Waals surface area contributed by atoms with Crippen LogP contribution in [0.25, 0.3) is 44.8 Å². The third-order valence-electron chi connectivity index (χ3n) is 16.0. The summed E-state index contributed by atoms with van der Waals surface area (Å²) in [7, 11) is 1.68. The molecule has 0 amide bonds. The van der Waals surface area contributed by atoms with Crippen molar-refractivity contribution in [2.75, 3.05) is 7.11 Å². The normalized spacial score (nSPS) is 28.1. The maximum absolute atomic E-state index is 16.2. The maximum Gasteiger partial charge on any atom is 0.127 e. The lowest BCUT2D eigenvalue weighted by molar-refractivity contribution is 0.0761. The fraction of sp³-hybridized carbons (Fsp3) is 0.500. The quantitative estimate of drug-likeness (QED) is 0.161. The number of nitrogens with zero attached hydrogens (tertiary/aromatic N) is 1. The second kappa shape index (κ2) is 16.8. The summed E-state index contributed by atoms with van der Waals surface area (Å²) in [4.78, 5) is 5.48. The Hall–Kier alpha value is -4.51. The van der Waals surface area contributed by atoms with Crippen molar-refractivity contribution in [2.24, 2.45) is 35.5 Å². The summed E-state index contributed by atoms with van der Waals surface area (Å²) in [5, 5.41) is 12.5. The first-order chi connectivity index (χ1) is 30.0. The SMILES string of the molecule is COc1cc(-c2cc(C(C)C)ccc2-c2cc(F)cc(C34CC(C)CC(CC(C)C3)C4)c2)nc(-c2cc(C(C)C)ccc2-c2cc(F)cc(C34CC(C)CC(CC(C)C3)C4)c2O)c1. The molecule has 4 unspecified atom stereocenters. The van der Waals surface area contributed by atoms with Gasteiger partial charge in [0.1, 0.15) is 23.1 Å². The minimum absolute atomic E-state index is 0.0256. The van der Waals surface area contributed by atoms with Crippen LogP contribution in [0.3, 0.4) is 0 Å². The molecular formula is C58H69F2NO2. The highest BCUT2D eigenvalue weighted by Gasteiger charge is 2.48. The zero-order chi connectivity index (χ0) is 44.5. The molecule has 1 aromatic heterocycles. The lowest BCUT2D eigenvalue weighted by Gasteiger charge is -2.50. The fourth-order valence-corrected chi connectivity index (χ4v) is 14.0. The summed E-state index contributed by atoms with van der Waals surface area (Å²) < 4.78 is 38.5. The van der Waals surface area contributed by atoms with Gasteiger partial charge in [0.15, 0.2) is 0 Å². The minimum Gasteiger partial charge on any atom is -0.507 e. The van der Waals surface area contributed by atoms with Crippen LogP contribution in [0, 0.1) is 47.1 Å². The number of benzene rings is 4. The topological polar surface area (TPSA) is 42.4 Å². The molecule has 63 heavy (non-hydrogen) atoms. The highest BCUT2D eigenvalue weighted by molar-refractivity contribution is 5.89. The Bertz CT molecular complexity index is 2480. The molecule has 1 N–H and O–H groups in total. The van der Waals surface area contributed by atoms with E-state index < -0.39 is 0 Å². The summed E-state index contributed by atoms with van der Waals surface area (Å²) in [6, 6.07) is 25.7. The molecule has 4 aliphatic carbocycles. The molecule has 0 spiro atoms. The van der Waals surface area contributed by atoms with E-state index in [1.54, 1.807) is 19.2 Å². The number of fused-ring (bicyclic) bond motifs is 4. The molecule has 4 bridgehead atoms. The van der Waals surface area contributed by atoms with Gasteiger partial charge >= 0.3 is 0 Å². The number of rotatable bonds is 9. The molecule has 0 saturated heterocycles. The lowest BCUT2D eigenvalue weighted by atomic mass is 9.54. The Kier molecular flexibility index (Phi) is 11.7.